The van der Waals surface area contributed by atoms with Gasteiger partial charge in [-0.25, -0.2) is 0 Å². The summed E-state index contributed by atoms with van der Waals surface area (Å²) in [5, 5.41) is 29.1. The van der Waals surface area contributed by atoms with Gasteiger partial charge in [0.2, 0.25) is 0 Å². The Labute approximate surface area is 181 Å². The first-order chi connectivity index (χ1) is 15.0. The molecule has 1 saturated heterocycles. The van der Waals surface area contributed by atoms with Gasteiger partial charge in [-0.3, -0.25) is 14.2 Å². The monoisotopic (exact) mass is 433 g/mol. The van der Waals surface area contributed by atoms with E-state index in [2.05, 4.69) is 0 Å². The van der Waals surface area contributed by atoms with Crippen LogP contribution in [-0.2, 0) is 4.79 Å². The molecule has 156 valence electrons. The van der Waals surface area contributed by atoms with Gasteiger partial charge < -0.3 is 15.1 Å². The number of hydrogen-bond acceptors (Lipinski definition) is 6. The molecule has 1 aromatic heterocycles. The lowest BCUT2D eigenvalue weighted by Gasteiger charge is -2.14. The standard InChI is InChI=1S/C23H19N3O4S/c24-14-17(21(29)25-10-4-5-11-25)23-26(16-6-2-1-3-7-16)22(30)20(31-23)13-15-8-9-18(27)19(28)12-15/h1-3,6-9,12-13,27-28H,4-5,10-11H2. The molecule has 3 aromatic rings. The average molecular weight is 433 g/mol. The van der Waals surface area contributed by atoms with Crippen molar-refractivity contribution in [3.63, 3.8) is 0 Å². The van der Waals surface area contributed by atoms with Crippen molar-refractivity contribution in [1.82, 2.24) is 9.47 Å². The van der Waals surface area contributed by atoms with Gasteiger partial charge in [0.15, 0.2) is 17.1 Å². The van der Waals surface area contributed by atoms with Gasteiger partial charge in [-0.1, -0.05) is 24.3 Å². The molecule has 8 heteroatoms. The Balaban J connectivity index is 2.00. The summed E-state index contributed by atoms with van der Waals surface area (Å²) in [4.78, 5) is 27.9. The summed E-state index contributed by atoms with van der Waals surface area (Å²) in [5.74, 6) is -0.941. The SMILES string of the molecule is N#CC(C(=O)N1CCCC1)=c1sc(=Cc2ccc(O)c(O)c2)c(=O)n1-c1ccccc1. The van der Waals surface area contributed by atoms with Crippen LogP contribution < -0.4 is 14.8 Å². The Kier molecular flexibility index (Phi) is 5.60. The minimum Gasteiger partial charge on any atom is -0.504 e. The third kappa shape index (κ3) is 3.96. The van der Waals surface area contributed by atoms with Crippen molar-refractivity contribution in [3.05, 3.63) is 73.6 Å². The second-order valence-corrected chi connectivity index (χ2v) is 8.16. The van der Waals surface area contributed by atoms with Crippen LogP contribution in [0, 0.1) is 11.3 Å². The molecule has 0 radical (unpaired) electrons. The zero-order valence-corrected chi connectivity index (χ0v) is 17.3. The van der Waals surface area contributed by atoms with Crippen LogP contribution in [0.3, 0.4) is 0 Å². The van der Waals surface area contributed by atoms with E-state index in [0.717, 1.165) is 24.2 Å². The number of carbonyl (C=O) groups is 1. The minimum atomic E-state index is -0.375. The van der Waals surface area contributed by atoms with E-state index in [0.29, 0.717) is 28.9 Å². The minimum absolute atomic E-state index is 0.0685. The zero-order chi connectivity index (χ0) is 22.0. The van der Waals surface area contributed by atoms with Crippen molar-refractivity contribution in [2.24, 2.45) is 0 Å². The Hall–Kier alpha value is -3.83. The van der Waals surface area contributed by atoms with Crippen molar-refractivity contribution in [2.75, 3.05) is 13.1 Å². The molecule has 2 N–H and O–H groups in total. The largest absolute Gasteiger partial charge is 0.504 e. The summed E-state index contributed by atoms with van der Waals surface area (Å²) in [6.07, 6.45) is 3.35. The number of para-hydroxylation sites is 1. The molecule has 2 aromatic carbocycles. The van der Waals surface area contributed by atoms with Gasteiger partial charge in [0.05, 0.1) is 10.2 Å². The molecule has 1 amide bonds. The fraction of sp³-hybridized carbons (Fsp3) is 0.174. The van der Waals surface area contributed by atoms with Crippen LogP contribution in [0.4, 0.5) is 0 Å². The number of benzene rings is 2. The van der Waals surface area contributed by atoms with Crippen LogP contribution in [0.25, 0.3) is 17.3 Å². The summed E-state index contributed by atoms with van der Waals surface area (Å²) >= 11 is 1.05. The van der Waals surface area contributed by atoms with Crippen LogP contribution in [0.1, 0.15) is 18.4 Å². The first-order valence-corrected chi connectivity index (χ1v) is 10.6. The molecule has 1 aliphatic rings. The smallest absolute Gasteiger partial charge is 0.273 e. The van der Waals surface area contributed by atoms with Crippen molar-refractivity contribution < 1.29 is 15.0 Å². The third-order valence-electron chi connectivity index (χ3n) is 5.07. The van der Waals surface area contributed by atoms with Gasteiger partial charge in [0.25, 0.3) is 11.5 Å². The number of phenolic OH excluding ortho intramolecular Hbond substituents is 2. The Morgan fingerprint density at radius 3 is 2.42 bits per heavy atom. The van der Waals surface area contributed by atoms with E-state index >= 15 is 0 Å². The molecule has 1 fully saturated rings. The molecule has 0 spiro atoms. The Morgan fingerprint density at radius 2 is 1.77 bits per heavy atom. The predicted molar refractivity (Wildman–Crippen MR) is 117 cm³/mol. The zero-order valence-electron chi connectivity index (χ0n) is 16.5. The van der Waals surface area contributed by atoms with Gasteiger partial charge in [0, 0.05) is 13.1 Å². The second-order valence-electron chi connectivity index (χ2n) is 7.13. The van der Waals surface area contributed by atoms with E-state index in [4.69, 9.17) is 0 Å². The second kappa shape index (κ2) is 8.50. The number of likely N-dealkylation sites (tertiary alicyclic amines) is 1. The number of hydrogen-bond donors (Lipinski definition) is 2. The molecule has 0 saturated carbocycles. The van der Waals surface area contributed by atoms with Gasteiger partial charge >= 0.3 is 0 Å². The Bertz CT molecular complexity index is 1360. The van der Waals surface area contributed by atoms with Crippen LogP contribution in [0.15, 0.2) is 53.3 Å². The molecule has 31 heavy (non-hydrogen) atoms. The molecule has 4 rings (SSSR count). The van der Waals surface area contributed by atoms with Crippen LogP contribution in [0.5, 0.6) is 11.5 Å². The maximum absolute atomic E-state index is 13.3. The normalized spacial score (nSPS) is 15.1. The highest BCUT2D eigenvalue weighted by Gasteiger charge is 2.24. The average Bonchev–Trinajstić information content (AvgIpc) is 3.41. The number of nitrogens with zero attached hydrogens (tertiary/aromatic N) is 3. The predicted octanol–water partition coefficient (Wildman–Crippen LogP) is 1.44. The quantitative estimate of drug-likeness (QED) is 0.608. The van der Waals surface area contributed by atoms with Crippen molar-refractivity contribution in [2.45, 2.75) is 12.8 Å². The van der Waals surface area contributed by atoms with E-state index in [9.17, 15) is 25.1 Å². The van der Waals surface area contributed by atoms with Crippen LogP contribution in [0.2, 0.25) is 0 Å². The van der Waals surface area contributed by atoms with E-state index < -0.39 is 0 Å². The number of aromatic hydroxyl groups is 2. The van der Waals surface area contributed by atoms with Crippen molar-refractivity contribution in [1.29, 1.82) is 5.26 Å². The number of amides is 1. The number of rotatable bonds is 3. The summed E-state index contributed by atoms with van der Waals surface area (Å²) in [5.41, 5.74) is 0.612. The Morgan fingerprint density at radius 1 is 1.06 bits per heavy atom. The fourth-order valence-electron chi connectivity index (χ4n) is 3.51. The molecule has 0 aliphatic carbocycles. The number of aromatic nitrogens is 1. The van der Waals surface area contributed by atoms with Gasteiger partial charge in [0.1, 0.15) is 10.7 Å². The first kappa shape index (κ1) is 20.4. The highest BCUT2D eigenvalue weighted by atomic mass is 32.1. The maximum atomic E-state index is 13.3. The summed E-state index contributed by atoms with van der Waals surface area (Å²) in [6, 6.07) is 15.1. The molecule has 0 atom stereocenters. The number of phenols is 2. The lowest BCUT2D eigenvalue weighted by molar-refractivity contribution is -0.123. The van der Waals surface area contributed by atoms with E-state index in [-0.39, 0.29) is 33.2 Å². The molecule has 1 aliphatic heterocycles. The van der Waals surface area contributed by atoms with Crippen molar-refractivity contribution in [3.8, 4) is 23.3 Å². The molecule has 7 nitrogen and oxygen atoms in total. The van der Waals surface area contributed by atoms with Crippen molar-refractivity contribution >= 4 is 28.9 Å². The summed E-state index contributed by atoms with van der Waals surface area (Å²) in [6.45, 7) is 1.19. The number of carbonyl (C=O) groups excluding carboxylic acids is 1. The molecule has 2 heterocycles. The fourth-order valence-corrected chi connectivity index (χ4v) is 4.61. The lowest BCUT2D eigenvalue weighted by atomic mass is 10.2. The van der Waals surface area contributed by atoms with Crippen LogP contribution >= 0.6 is 11.3 Å². The highest BCUT2D eigenvalue weighted by molar-refractivity contribution is 7.07. The van der Waals surface area contributed by atoms with Gasteiger partial charge in [-0.2, -0.15) is 5.26 Å². The first-order valence-electron chi connectivity index (χ1n) is 9.74. The van der Waals surface area contributed by atoms with E-state index in [1.165, 1.54) is 16.7 Å². The molecular formula is C23H19N3O4S. The maximum Gasteiger partial charge on any atom is 0.273 e. The van der Waals surface area contributed by atoms with Crippen LogP contribution in [-0.4, -0.2) is 38.7 Å². The molecule has 0 unspecified atom stereocenters. The van der Waals surface area contributed by atoms with Gasteiger partial charge in [-0.05, 0) is 48.7 Å². The number of nitriles is 1. The van der Waals surface area contributed by atoms with E-state index in [1.807, 2.05) is 12.1 Å². The summed E-state index contributed by atoms with van der Waals surface area (Å²) in [7, 11) is 0. The topological polar surface area (TPSA) is 107 Å². The molecular weight excluding hydrogens is 414 g/mol. The number of thiazole rings is 1. The highest BCUT2D eigenvalue weighted by Crippen LogP contribution is 2.25. The lowest BCUT2D eigenvalue weighted by Crippen LogP contribution is -2.35. The van der Waals surface area contributed by atoms with Gasteiger partial charge in [-0.15, -0.1) is 11.3 Å². The summed E-state index contributed by atoms with van der Waals surface area (Å²) < 4.78 is 1.94. The third-order valence-corrected chi connectivity index (χ3v) is 6.16. The van der Waals surface area contributed by atoms with E-state index in [1.54, 1.807) is 41.3 Å². The molecule has 0 bridgehead atoms.